The Morgan fingerprint density at radius 3 is 2.43 bits per heavy atom. The fourth-order valence-electron chi connectivity index (χ4n) is 3.98. The Bertz CT molecular complexity index is 1500. The lowest BCUT2D eigenvalue weighted by Gasteiger charge is -2.26. The van der Waals surface area contributed by atoms with Gasteiger partial charge in [-0.25, -0.2) is 9.79 Å². The number of methoxy groups -OCH3 is 2. The molecule has 0 aliphatic carbocycles. The standard InChI is InChI=1S/C26H25BrN2O5S/c1-6-34-25(31)22-15(3)28-26-29(23(22)17-12-19(32-4)20(33-5)13-18(17)27)24(30)21(35-26)11-16-9-7-14(2)8-10-16/h7-13,23H,6H2,1-5H3/b21-11-. The van der Waals surface area contributed by atoms with Gasteiger partial charge >= 0.3 is 5.97 Å². The predicted molar refractivity (Wildman–Crippen MR) is 139 cm³/mol. The number of aryl methyl sites for hydroxylation is 1. The van der Waals surface area contributed by atoms with E-state index in [2.05, 4.69) is 20.9 Å². The molecular formula is C26H25BrN2O5S. The van der Waals surface area contributed by atoms with Gasteiger partial charge in [0.1, 0.15) is 0 Å². The summed E-state index contributed by atoms with van der Waals surface area (Å²) in [7, 11) is 3.09. The Hall–Kier alpha value is -3.17. The maximum atomic E-state index is 13.7. The summed E-state index contributed by atoms with van der Waals surface area (Å²) in [5.41, 5.74) is 3.26. The molecule has 0 saturated carbocycles. The normalized spacial score (nSPS) is 15.5. The molecule has 0 radical (unpaired) electrons. The molecule has 182 valence electrons. The fourth-order valence-corrected chi connectivity index (χ4v) is 5.57. The van der Waals surface area contributed by atoms with Crippen molar-refractivity contribution in [3.63, 3.8) is 0 Å². The summed E-state index contributed by atoms with van der Waals surface area (Å²) >= 11 is 4.89. The van der Waals surface area contributed by atoms with E-state index in [0.717, 1.165) is 11.1 Å². The lowest BCUT2D eigenvalue weighted by molar-refractivity contribution is -0.139. The van der Waals surface area contributed by atoms with Crippen LogP contribution in [0.3, 0.4) is 0 Å². The predicted octanol–water partition coefficient (Wildman–Crippen LogP) is 3.89. The van der Waals surface area contributed by atoms with Gasteiger partial charge in [-0.1, -0.05) is 57.1 Å². The van der Waals surface area contributed by atoms with Gasteiger partial charge in [0.2, 0.25) is 0 Å². The first-order valence-electron chi connectivity index (χ1n) is 11.0. The minimum absolute atomic E-state index is 0.202. The van der Waals surface area contributed by atoms with E-state index in [-0.39, 0.29) is 12.2 Å². The maximum absolute atomic E-state index is 13.7. The largest absolute Gasteiger partial charge is 0.493 e. The van der Waals surface area contributed by atoms with Gasteiger partial charge in [-0.05, 0) is 50.1 Å². The molecule has 0 fully saturated rings. The molecule has 2 aromatic carbocycles. The van der Waals surface area contributed by atoms with Crippen molar-refractivity contribution < 1.29 is 19.0 Å². The number of halogens is 1. The molecule has 1 aliphatic rings. The van der Waals surface area contributed by atoms with E-state index in [4.69, 9.17) is 14.2 Å². The van der Waals surface area contributed by atoms with Gasteiger partial charge in [0, 0.05) is 4.47 Å². The summed E-state index contributed by atoms with van der Waals surface area (Å²) in [6, 6.07) is 10.7. The third-order valence-electron chi connectivity index (χ3n) is 5.69. The van der Waals surface area contributed by atoms with E-state index in [0.29, 0.717) is 42.1 Å². The van der Waals surface area contributed by atoms with Gasteiger partial charge in [0.05, 0.1) is 42.7 Å². The van der Waals surface area contributed by atoms with Crippen molar-refractivity contribution in [1.29, 1.82) is 0 Å². The molecule has 7 nitrogen and oxygen atoms in total. The number of benzene rings is 2. The minimum Gasteiger partial charge on any atom is -0.493 e. The molecule has 0 amide bonds. The van der Waals surface area contributed by atoms with Crippen molar-refractivity contribution >= 4 is 39.3 Å². The van der Waals surface area contributed by atoms with Crippen LogP contribution in [0, 0.1) is 6.92 Å². The van der Waals surface area contributed by atoms with Crippen molar-refractivity contribution in [3.8, 4) is 11.5 Å². The third-order valence-corrected chi connectivity index (χ3v) is 7.36. The highest BCUT2D eigenvalue weighted by atomic mass is 79.9. The molecule has 1 unspecified atom stereocenters. The second-order valence-electron chi connectivity index (χ2n) is 7.94. The van der Waals surface area contributed by atoms with Gasteiger partial charge in [-0.15, -0.1) is 0 Å². The van der Waals surface area contributed by atoms with Crippen molar-refractivity contribution in [3.05, 3.63) is 88.5 Å². The molecule has 1 aliphatic heterocycles. The van der Waals surface area contributed by atoms with Gasteiger partial charge in [-0.3, -0.25) is 9.36 Å². The molecular weight excluding hydrogens is 532 g/mol. The Morgan fingerprint density at radius 2 is 1.80 bits per heavy atom. The lowest BCUT2D eigenvalue weighted by atomic mass is 9.95. The molecule has 2 heterocycles. The zero-order valence-electron chi connectivity index (χ0n) is 20.0. The Labute approximate surface area is 215 Å². The third kappa shape index (κ3) is 4.70. The van der Waals surface area contributed by atoms with Crippen LogP contribution in [0.2, 0.25) is 0 Å². The Kier molecular flexibility index (Phi) is 7.28. The summed E-state index contributed by atoms with van der Waals surface area (Å²) in [6.45, 7) is 5.71. The first-order valence-corrected chi connectivity index (χ1v) is 12.6. The number of nitrogens with zero attached hydrogens (tertiary/aromatic N) is 2. The molecule has 0 spiro atoms. The molecule has 0 saturated heterocycles. The highest BCUT2D eigenvalue weighted by molar-refractivity contribution is 9.10. The Balaban J connectivity index is 2.01. The van der Waals surface area contributed by atoms with Crippen LogP contribution in [0.25, 0.3) is 6.08 Å². The Morgan fingerprint density at radius 1 is 1.14 bits per heavy atom. The summed E-state index contributed by atoms with van der Waals surface area (Å²) in [6.07, 6.45) is 1.84. The zero-order chi connectivity index (χ0) is 25.3. The van der Waals surface area contributed by atoms with Crippen molar-refractivity contribution in [2.45, 2.75) is 26.8 Å². The number of ether oxygens (including phenoxy) is 3. The summed E-state index contributed by atoms with van der Waals surface area (Å²) < 4.78 is 19.0. The number of allylic oxidation sites excluding steroid dienone is 1. The molecule has 35 heavy (non-hydrogen) atoms. The zero-order valence-corrected chi connectivity index (χ0v) is 22.5. The van der Waals surface area contributed by atoms with E-state index >= 15 is 0 Å². The fraction of sp³-hybridized carbons (Fsp3) is 0.269. The number of carbonyl (C=O) groups excluding carboxylic acids is 1. The van der Waals surface area contributed by atoms with Crippen LogP contribution in [0.15, 0.2) is 61.9 Å². The van der Waals surface area contributed by atoms with Gasteiger partial charge in [0.15, 0.2) is 16.3 Å². The van der Waals surface area contributed by atoms with Gasteiger partial charge in [-0.2, -0.15) is 0 Å². The van der Waals surface area contributed by atoms with E-state index in [1.165, 1.54) is 18.4 Å². The quantitative estimate of drug-likeness (QED) is 0.430. The lowest BCUT2D eigenvalue weighted by Crippen LogP contribution is -2.40. The number of aromatic nitrogens is 1. The van der Waals surface area contributed by atoms with Crippen LogP contribution < -0.4 is 24.4 Å². The van der Waals surface area contributed by atoms with Crippen LogP contribution in [-0.2, 0) is 9.53 Å². The van der Waals surface area contributed by atoms with Crippen LogP contribution >= 0.6 is 27.3 Å². The molecule has 4 rings (SSSR count). The SMILES string of the molecule is CCOC(=O)C1=C(C)N=c2s/c(=C\c3ccc(C)cc3)c(=O)n2C1c1cc(OC)c(OC)cc1Br. The van der Waals surface area contributed by atoms with Crippen molar-refractivity contribution in [2.75, 3.05) is 20.8 Å². The average molecular weight is 557 g/mol. The highest BCUT2D eigenvalue weighted by Gasteiger charge is 2.35. The van der Waals surface area contributed by atoms with E-state index < -0.39 is 12.0 Å². The molecule has 1 atom stereocenters. The molecule has 9 heteroatoms. The second-order valence-corrected chi connectivity index (χ2v) is 9.81. The second kappa shape index (κ2) is 10.2. The topological polar surface area (TPSA) is 79.1 Å². The van der Waals surface area contributed by atoms with Crippen LogP contribution in [0.1, 0.15) is 36.6 Å². The molecule has 1 aromatic heterocycles. The smallest absolute Gasteiger partial charge is 0.338 e. The van der Waals surface area contributed by atoms with E-state index in [9.17, 15) is 9.59 Å². The molecule has 0 bridgehead atoms. The summed E-state index contributed by atoms with van der Waals surface area (Å²) in [5.74, 6) is 0.479. The van der Waals surface area contributed by atoms with Crippen LogP contribution in [-0.4, -0.2) is 31.4 Å². The van der Waals surface area contributed by atoms with Crippen molar-refractivity contribution in [2.24, 2.45) is 4.99 Å². The minimum atomic E-state index is -0.764. The number of hydrogen-bond donors (Lipinski definition) is 0. The van der Waals surface area contributed by atoms with Crippen LogP contribution in [0.4, 0.5) is 0 Å². The highest BCUT2D eigenvalue weighted by Crippen LogP contribution is 2.40. The molecule has 0 N–H and O–H groups in total. The maximum Gasteiger partial charge on any atom is 0.338 e. The first-order chi connectivity index (χ1) is 16.8. The number of thiazole rings is 1. The average Bonchev–Trinajstić information content (AvgIpc) is 3.14. The number of fused-ring (bicyclic) bond motifs is 1. The molecule has 3 aromatic rings. The number of esters is 1. The number of carbonyl (C=O) groups is 1. The van der Waals surface area contributed by atoms with Gasteiger partial charge in [0.25, 0.3) is 5.56 Å². The summed E-state index contributed by atoms with van der Waals surface area (Å²) in [4.78, 5) is 32.0. The van der Waals surface area contributed by atoms with Gasteiger partial charge < -0.3 is 14.2 Å². The summed E-state index contributed by atoms with van der Waals surface area (Å²) in [5, 5.41) is 0. The number of rotatable bonds is 6. The van der Waals surface area contributed by atoms with Crippen molar-refractivity contribution in [1.82, 2.24) is 4.57 Å². The number of hydrogen-bond acceptors (Lipinski definition) is 7. The first kappa shape index (κ1) is 24.9. The van der Waals surface area contributed by atoms with E-state index in [1.807, 2.05) is 37.3 Å². The van der Waals surface area contributed by atoms with E-state index in [1.54, 1.807) is 37.7 Å². The monoisotopic (exact) mass is 556 g/mol. The van der Waals surface area contributed by atoms with Crippen LogP contribution in [0.5, 0.6) is 11.5 Å².